The molecule has 0 spiro atoms. The van der Waals surface area contributed by atoms with Gasteiger partial charge in [0.1, 0.15) is 18.3 Å². The monoisotopic (exact) mass is 544 g/mol. The van der Waals surface area contributed by atoms with E-state index in [1.807, 2.05) is 25.1 Å². The molecule has 3 aromatic rings. The van der Waals surface area contributed by atoms with Crippen molar-refractivity contribution in [1.82, 2.24) is 9.97 Å². The molecule has 10 heteroatoms. The van der Waals surface area contributed by atoms with Gasteiger partial charge < -0.3 is 23.7 Å². The van der Waals surface area contributed by atoms with Crippen LogP contribution in [0.4, 0.5) is 13.2 Å². The van der Waals surface area contributed by atoms with Crippen molar-refractivity contribution in [3.8, 4) is 22.6 Å². The minimum absolute atomic E-state index is 0.118. The number of hydrogen-bond acceptors (Lipinski definition) is 7. The van der Waals surface area contributed by atoms with Gasteiger partial charge in [0.15, 0.2) is 12.1 Å². The van der Waals surface area contributed by atoms with Crippen LogP contribution in [-0.2, 0) is 42.7 Å². The Bertz CT molecular complexity index is 1300. The predicted molar refractivity (Wildman–Crippen MR) is 137 cm³/mol. The first-order valence-corrected chi connectivity index (χ1v) is 12.7. The molecule has 5 rings (SSSR count). The zero-order chi connectivity index (χ0) is 27.7. The van der Waals surface area contributed by atoms with Crippen LogP contribution < -0.4 is 0 Å². The molecule has 1 aromatic heterocycles. The van der Waals surface area contributed by atoms with Gasteiger partial charge in [-0.25, -0.2) is 9.97 Å². The summed E-state index contributed by atoms with van der Waals surface area (Å²) in [5, 5.41) is 0. The molecule has 1 aliphatic carbocycles. The van der Waals surface area contributed by atoms with E-state index in [0.717, 1.165) is 28.8 Å². The Balaban J connectivity index is 1.32. The van der Waals surface area contributed by atoms with Gasteiger partial charge >= 0.3 is 6.18 Å². The fraction of sp³-hybridized carbons (Fsp3) is 0.448. The third-order valence-electron chi connectivity index (χ3n) is 7.37. The van der Waals surface area contributed by atoms with E-state index in [9.17, 15) is 13.2 Å². The Morgan fingerprint density at radius 1 is 0.846 bits per heavy atom. The van der Waals surface area contributed by atoms with Crippen molar-refractivity contribution in [2.24, 2.45) is 0 Å². The molecule has 6 atom stereocenters. The summed E-state index contributed by atoms with van der Waals surface area (Å²) in [6.07, 6.45) is -3.54. The topological polar surface area (TPSA) is 71.9 Å². The second kappa shape index (κ2) is 11.3. The van der Waals surface area contributed by atoms with Gasteiger partial charge in [-0.05, 0) is 55.2 Å². The number of aromatic nitrogens is 2. The van der Waals surface area contributed by atoms with Gasteiger partial charge in [0.2, 0.25) is 0 Å². The summed E-state index contributed by atoms with van der Waals surface area (Å²) in [5.41, 5.74) is 3.33. The number of alkyl halides is 3. The molecule has 1 saturated heterocycles. The van der Waals surface area contributed by atoms with Crippen molar-refractivity contribution in [2.45, 2.75) is 62.8 Å². The van der Waals surface area contributed by atoms with Gasteiger partial charge in [-0.1, -0.05) is 24.3 Å². The molecule has 0 saturated carbocycles. The number of halogens is 3. The van der Waals surface area contributed by atoms with Gasteiger partial charge in [0.25, 0.3) is 0 Å². The second-order valence-corrected chi connectivity index (χ2v) is 9.80. The molecule has 0 amide bonds. The number of benzene rings is 2. The maximum atomic E-state index is 13.2. The lowest BCUT2D eigenvalue weighted by Gasteiger charge is -2.44. The molecule has 2 aliphatic rings. The van der Waals surface area contributed by atoms with Gasteiger partial charge in [0.05, 0.1) is 23.5 Å². The Kier molecular flexibility index (Phi) is 8.02. The van der Waals surface area contributed by atoms with E-state index in [0.29, 0.717) is 24.1 Å². The lowest BCUT2D eigenvalue weighted by molar-refractivity contribution is -0.314. The third kappa shape index (κ3) is 5.71. The van der Waals surface area contributed by atoms with Crippen molar-refractivity contribution < 1.29 is 36.9 Å². The summed E-state index contributed by atoms with van der Waals surface area (Å²) in [5.74, 6) is 0.233. The van der Waals surface area contributed by atoms with Crippen molar-refractivity contribution in [2.75, 3.05) is 21.3 Å². The van der Waals surface area contributed by atoms with Crippen LogP contribution in [0.2, 0.25) is 0 Å². The number of fused-ring (bicyclic) bond motifs is 1. The van der Waals surface area contributed by atoms with E-state index in [1.54, 1.807) is 39.7 Å². The minimum atomic E-state index is -4.44. The highest BCUT2D eigenvalue weighted by atomic mass is 19.4. The number of methoxy groups -OCH3 is 3. The average molecular weight is 545 g/mol. The van der Waals surface area contributed by atoms with Crippen molar-refractivity contribution in [3.63, 3.8) is 0 Å². The number of nitrogens with zero attached hydrogens (tertiary/aromatic N) is 2. The van der Waals surface area contributed by atoms with E-state index in [-0.39, 0.29) is 30.2 Å². The third-order valence-corrected chi connectivity index (χ3v) is 7.37. The first-order valence-electron chi connectivity index (χ1n) is 12.7. The zero-order valence-electron chi connectivity index (χ0n) is 22.1. The van der Waals surface area contributed by atoms with Crippen molar-refractivity contribution >= 4 is 0 Å². The van der Waals surface area contributed by atoms with Crippen LogP contribution in [-0.4, -0.2) is 68.1 Å². The van der Waals surface area contributed by atoms with Crippen LogP contribution in [0.1, 0.15) is 23.6 Å². The Morgan fingerprint density at radius 2 is 1.59 bits per heavy atom. The highest BCUT2D eigenvalue weighted by Crippen LogP contribution is 2.34. The van der Waals surface area contributed by atoms with Crippen LogP contribution in [0.5, 0.6) is 0 Å². The standard InChI is InChI=1S/C29H31F3N2O5/c1-16-24(35-2)25(36-3)26(37-4)28(38-16)39-22-14-17-8-9-18(12-20(17)15-22)23-10-11-33-27(34-23)19-6-5-7-21(13-19)29(30,31)32/h5-13,16,22,24-26,28H,14-15H2,1-4H3. The number of hydrogen-bond donors (Lipinski definition) is 0. The van der Waals surface area contributed by atoms with E-state index in [1.165, 1.54) is 6.07 Å². The van der Waals surface area contributed by atoms with Gasteiger partial charge in [0, 0.05) is 38.7 Å². The first-order chi connectivity index (χ1) is 18.7. The lowest BCUT2D eigenvalue weighted by atomic mass is 9.99. The summed E-state index contributed by atoms with van der Waals surface area (Å²) in [7, 11) is 4.84. The molecule has 2 aromatic carbocycles. The van der Waals surface area contributed by atoms with Crippen molar-refractivity contribution in [3.05, 3.63) is 71.4 Å². The summed E-state index contributed by atoms with van der Waals surface area (Å²) in [6, 6.07) is 12.8. The maximum absolute atomic E-state index is 13.2. The van der Waals surface area contributed by atoms with Crippen LogP contribution in [0.25, 0.3) is 22.6 Å². The minimum Gasteiger partial charge on any atom is -0.376 e. The highest BCUT2D eigenvalue weighted by Gasteiger charge is 2.47. The van der Waals surface area contributed by atoms with Gasteiger partial charge in [-0.3, -0.25) is 0 Å². The fourth-order valence-electron chi connectivity index (χ4n) is 5.44. The summed E-state index contributed by atoms with van der Waals surface area (Å²) < 4.78 is 69.0. The normalized spacial score (nSPS) is 26.9. The molecule has 7 nitrogen and oxygen atoms in total. The molecule has 0 bridgehead atoms. The number of rotatable bonds is 7. The Hall–Kier alpha value is -2.89. The summed E-state index contributed by atoms with van der Waals surface area (Å²) >= 11 is 0. The maximum Gasteiger partial charge on any atom is 0.416 e. The second-order valence-electron chi connectivity index (χ2n) is 9.80. The smallest absolute Gasteiger partial charge is 0.376 e. The molecule has 6 unspecified atom stereocenters. The van der Waals surface area contributed by atoms with Crippen molar-refractivity contribution in [1.29, 1.82) is 0 Å². The molecule has 1 fully saturated rings. The van der Waals surface area contributed by atoms with Crippen LogP contribution in [0.3, 0.4) is 0 Å². The first kappa shape index (κ1) is 27.7. The molecular formula is C29H31F3N2O5. The SMILES string of the molecule is COC1C(C)OC(OC2Cc3ccc(-c4ccnc(-c5cccc(C(F)(F)F)c5)n4)cc3C2)C(OC)C1OC. The Morgan fingerprint density at radius 3 is 2.31 bits per heavy atom. The largest absolute Gasteiger partial charge is 0.416 e. The van der Waals surface area contributed by atoms with Gasteiger partial charge in [-0.15, -0.1) is 0 Å². The summed E-state index contributed by atoms with van der Waals surface area (Å²) in [4.78, 5) is 8.78. The van der Waals surface area contributed by atoms with E-state index >= 15 is 0 Å². The lowest BCUT2D eigenvalue weighted by Crippen LogP contribution is -2.59. The van der Waals surface area contributed by atoms with Crippen LogP contribution in [0.15, 0.2) is 54.7 Å². The number of ether oxygens (including phenoxy) is 5. The molecule has 2 heterocycles. The molecule has 208 valence electrons. The molecule has 0 N–H and O–H groups in total. The van der Waals surface area contributed by atoms with Crippen LogP contribution in [0, 0.1) is 0 Å². The molecule has 1 aliphatic heterocycles. The predicted octanol–water partition coefficient (Wildman–Crippen LogP) is 5.10. The molecule has 39 heavy (non-hydrogen) atoms. The van der Waals surface area contributed by atoms with E-state index in [2.05, 4.69) is 9.97 Å². The summed E-state index contributed by atoms with van der Waals surface area (Å²) in [6.45, 7) is 1.92. The molecular weight excluding hydrogens is 513 g/mol. The zero-order valence-corrected chi connectivity index (χ0v) is 22.1. The quantitative estimate of drug-likeness (QED) is 0.410. The highest BCUT2D eigenvalue weighted by molar-refractivity contribution is 5.65. The Labute approximate surface area is 225 Å². The van der Waals surface area contributed by atoms with E-state index < -0.39 is 24.1 Å². The van der Waals surface area contributed by atoms with Crippen LogP contribution >= 0.6 is 0 Å². The average Bonchev–Trinajstić information content (AvgIpc) is 3.34. The van der Waals surface area contributed by atoms with E-state index in [4.69, 9.17) is 23.7 Å². The molecule has 0 radical (unpaired) electrons. The van der Waals surface area contributed by atoms with Gasteiger partial charge in [-0.2, -0.15) is 13.2 Å². The fourth-order valence-corrected chi connectivity index (χ4v) is 5.44.